The monoisotopic (exact) mass is 515 g/mol. The second kappa shape index (κ2) is 14.3. The number of esters is 2. The maximum atomic E-state index is 12.6. The Morgan fingerprint density at radius 3 is 2.42 bits per heavy atom. The Hall–Kier alpha value is -3.36. The summed E-state index contributed by atoms with van der Waals surface area (Å²) in [6.07, 6.45) is 1.47. The third-order valence-corrected chi connectivity index (χ3v) is 5.57. The quantitative estimate of drug-likeness (QED) is 0.348. The van der Waals surface area contributed by atoms with E-state index in [1.807, 2.05) is 30.3 Å². The number of rotatable bonds is 9. The van der Waals surface area contributed by atoms with Gasteiger partial charge in [-0.15, -0.1) is 0 Å². The fourth-order valence-corrected chi connectivity index (χ4v) is 3.59. The summed E-state index contributed by atoms with van der Waals surface area (Å²) in [6, 6.07) is 13.6. The van der Waals surface area contributed by atoms with Gasteiger partial charge in [-0.2, -0.15) is 0 Å². The summed E-state index contributed by atoms with van der Waals surface area (Å²) in [4.78, 5) is 38.5. The van der Waals surface area contributed by atoms with Crippen molar-refractivity contribution < 1.29 is 23.9 Å². The van der Waals surface area contributed by atoms with Crippen LogP contribution in [0.25, 0.3) is 10.9 Å². The summed E-state index contributed by atoms with van der Waals surface area (Å²) in [5.41, 5.74) is 8.34. The normalized spacial score (nSPS) is 11.4. The fraction of sp³-hybridized carbons (Fsp3) is 0.370. The van der Waals surface area contributed by atoms with E-state index in [1.165, 1.54) is 7.11 Å². The third kappa shape index (κ3) is 8.39. The summed E-state index contributed by atoms with van der Waals surface area (Å²) in [7, 11) is 1.42. The van der Waals surface area contributed by atoms with E-state index in [0.717, 1.165) is 12.0 Å². The van der Waals surface area contributed by atoms with Gasteiger partial charge in [0.05, 0.1) is 13.7 Å². The lowest BCUT2D eigenvalue weighted by atomic mass is 10.0. The number of carbonyl (C=O) groups is 3. The molecule has 0 aliphatic carbocycles. The number of hydrogen-bond acceptors (Lipinski definition) is 6. The standard InChI is InChI=1S/C20H20ClN3O3.C7H14O2/c1-2-27-20(26)18-16(14-9-8-13(21)10-15(14)24-18)17(22)19(25)23-11-12-6-4-3-5-7-12;1-6(2)4-5-7(8)9-3/h3-10,17,24H,2,11,22H2,1H3,(H,23,25);6H,4-5H2,1-3H3. The van der Waals surface area contributed by atoms with Crippen molar-refractivity contribution in [2.45, 2.75) is 46.2 Å². The van der Waals surface area contributed by atoms with Crippen LogP contribution in [0.15, 0.2) is 48.5 Å². The highest BCUT2D eigenvalue weighted by atomic mass is 35.5. The first-order valence-corrected chi connectivity index (χ1v) is 12.2. The molecule has 0 aliphatic rings. The molecule has 2 aromatic carbocycles. The zero-order chi connectivity index (χ0) is 26.7. The molecule has 0 spiro atoms. The van der Waals surface area contributed by atoms with Gasteiger partial charge in [0.25, 0.3) is 0 Å². The minimum Gasteiger partial charge on any atom is -0.469 e. The number of benzene rings is 2. The number of carbonyl (C=O) groups excluding carboxylic acids is 3. The number of hydrogen-bond donors (Lipinski definition) is 3. The van der Waals surface area contributed by atoms with Crippen LogP contribution >= 0.6 is 11.6 Å². The summed E-state index contributed by atoms with van der Waals surface area (Å²) in [5, 5.41) is 3.97. The zero-order valence-electron chi connectivity index (χ0n) is 21.1. The first kappa shape index (κ1) is 28.9. The van der Waals surface area contributed by atoms with E-state index in [4.69, 9.17) is 22.1 Å². The average molecular weight is 516 g/mol. The van der Waals surface area contributed by atoms with Crippen LogP contribution in [0.2, 0.25) is 5.02 Å². The first-order valence-electron chi connectivity index (χ1n) is 11.8. The molecule has 4 N–H and O–H groups in total. The van der Waals surface area contributed by atoms with Crippen LogP contribution in [0.3, 0.4) is 0 Å². The molecule has 0 radical (unpaired) electrons. The first-order chi connectivity index (χ1) is 17.2. The smallest absolute Gasteiger partial charge is 0.355 e. The number of ether oxygens (including phenoxy) is 2. The van der Waals surface area contributed by atoms with Gasteiger partial charge in [0.1, 0.15) is 11.7 Å². The molecule has 0 fully saturated rings. The molecule has 3 aromatic rings. The molecule has 9 heteroatoms. The Kier molecular flexibility index (Phi) is 11.4. The van der Waals surface area contributed by atoms with E-state index in [0.29, 0.717) is 40.4 Å². The number of halogens is 1. The number of H-pyrrole nitrogens is 1. The van der Waals surface area contributed by atoms with Gasteiger partial charge in [-0.25, -0.2) is 4.79 Å². The van der Waals surface area contributed by atoms with E-state index in [1.54, 1.807) is 25.1 Å². The lowest BCUT2D eigenvalue weighted by molar-refractivity contribution is -0.140. The minimum atomic E-state index is -1.04. The lowest BCUT2D eigenvalue weighted by Gasteiger charge is -2.14. The van der Waals surface area contributed by atoms with Crippen molar-refractivity contribution in [1.29, 1.82) is 0 Å². The molecule has 1 atom stereocenters. The van der Waals surface area contributed by atoms with Crippen molar-refractivity contribution in [3.8, 4) is 0 Å². The van der Waals surface area contributed by atoms with Crippen molar-refractivity contribution in [2.75, 3.05) is 13.7 Å². The summed E-state index contributed by atoms with van der Waals surface area (Å²) < 4.78 is 9.56. The largest absolute Gasteiger partial charge is 0.469 e. The van der Waals surface area contributed by atoms with Gasteiger partial charge in [-0.3, -0.25) is 9.59 Å². The van der Waals surface area contributed by atoms with Gasteiger partial charge >= 0.3 is 11.9 Å². The van der Waals surface area contributed by atoms with E-state index < -0.39 is 12.0 Å². The topological polar surface area (TPSA) is 124 Å². The SMILES string of the molecule is CCOC(=O)c1[nH]c2cc(Cl)ccc2c1C(N)C(=O)NCc1ccccc1.COC(=O)CCC(C)C. The second-order valence-electron chi connectivity index (χ2n) is 8.51. The number of aromatic nitrogens is 1. The minimum absolute atomic E-state index is 0.108. The molecule has 3 rings (SSSR count). The number of nitrogens with two attached hydrogens (primary N) is 1. The maximum absolute atomic E-state index is 12.6. The van der Waals surface area contributed by atoms with Gasteiger partial charge in [0.2, 0.25) is 5.91 Å². The Bertz CT molecular complexity index is 1160. The van der Waals surface area contributed by atoms with E-state index in [2.05, 4.69) is 28.9 Å². The van der Waals surface area contributed by atoms with Crippen molar-refractivity contribution in [3.63, 3.8) is 0 Å². The summed E-state index contributed by atoms with van der Waals surface area (Å²) in [5.74, 6) is -0.473. The van der Waals surface area contributed by atoms with Crippen LogP contribution in [0, 0.1) is 5.92 Å². The van der Waals surface area contributed by atoms with Crippen LogP contribution in [0.4, 0.5) is 0 Å². The lowest BCUT2D eigenvalue weighted by Crippen LogP contribution is -2.34. The summed E-state index contributed by atoms with van der Waals surface area (Å²) >= 11 is 6.03. The van der Waals surface area contributed by atoms with E-state index in [9.17, 15) is 14.4 Å². The van der Waals surface area contributed by atoms with Crippen LogP contribution < -0.4 is 11.1 Å². The van der Waals surface area contributed by atoms with Crippen molar-refractivity contribution in [1.82, 2.24) is 10.3 Å². The van der Waals surface area contributed by atoms with Gasteiger partial charge in [0.15, 0.2) is 0 Å². The molecule has 1 unspecified atom stereocenters. The molecule has 36 heavy (non-hydrogen) atoms. The predicted molar refractivity (Wildman–Crippen MR) is 141 cm³/mol. The van der Waals surface area contributed by atoms with Crippen LogP contribution in [-0.4, -0.2) is 36.5 Å². The average Bonchev–Trinajstić information content (AvgIpc) is 3.25. The molecule has 1 amide bonds. The Morgan fingerprint density at radius 1 is 1.11 bits per heavy atom. The van der Waals surface area contributed by atoms with Gasteiger partial charge < -0.3 is 25.5 Å². The number of fused-ring (bicyclic) bond motifs is 1. The molecule has 0 bridgehead atoms. The molecular weight excluding hydrogens is 482 g/mol. The van der Waals surface area contributed by atoms with Crippen molar-refractivity contribution >= 4 is 40.3 Å². The Labute approximate surface area is 216 Å². The fourth-order valence-electron chi connectivity index (χ4n) is 3.41. The number of methoxy groups -OCH3 is 1. The van der Waals surface area contributed by atoms with Gasteiger partial charge in [-0.1, -0.05) is 61.8 Å². The molecule has 194 valence electrons. The van der Waals surface area contributed by atoms with Gasteiger partial charge in [-0.05, 0) is 37.0 Å². The van der Waals surface area contributed by atoms with Crippen LogP contribution in [0.5, 0.6) is 0 Å². The van der Waals surface area contributed by atoms with E-state index in [-0.39, 0.29) is 24.2 Å². The number of amides is 1. The van der Waals surface area contributed by atoms with Gasteiger partial charge in [0, 0.05) is 34.5 Å². The molecule has 0 aliphatic heterocycles. The van der Waals surface area contributed by atoms with Crippen molar-refractivity contribution in [2.24, 2.45) is 11.7 Å². The Morgan fingerprint density at radius 2 is 1.81 bits per heavy atom. The van der Waals surface area contributed by atoms with Crippen LogP contribution in [-0.2, 0) is 25.6 Å². The third-order valence-electron chi connectivity index (χ3n) is 5.34. The highest BCUT2D eigenvalue weighted by Gasteiger charge is 2.27. The van der Waals surface area contributed by atoms with Crippen molar-refractivity contribution in [3.05, 3.63) is 70.4 Å². The molecule has 0 saturated heterocycles. The molecular formula is C27H34ClN3O5. The zero-order valence-corrected chi connectivity index (χ0v) is 21.9. The van der Waals surface area contributed by atoms with Crippen LogP contribution in [0.1, 0.15) is 61.3 Å². The highest BCUT2D eigenvalue weighted by molar-refractivity contribution is 6.31. The predicted octanol–water partition coefficient (Wildman–Crippen LogP) is 4.91. The molecule has 0 saturated carbocycles. The maximum Gasteiger partial charge on any atom is 0.355 e. The summed E-state index contributed by atoms with van der Waals surface area (Å²) in [6.45, 7) is 6.44. The Balaban J connectivity index is 0.000000434. The second-order valence-corrected chi connectivity index (χ2v) is 8.95. The molecule has 1 aromatic heterocycles. The highest BCUT2D eigenvalue weighted by Crippen LogP contribution is 2.30. The molecule has 8 nitrogen and oxygen atoms in total. The molecule has 1 heterocycles. The number of aromatic amines is 1. The number of nitrogens with one attached hydrogen (secondary N) is 2. The van der Waals surface area contributed by atoms with E-state index >= 15 is 0 Å².